The summed E-state index contributed by atoms with van der Waals surface area (Å²) in [5, 5.41) is 17.1. The average molecular weight is 212 g/mol. The molecule has 4 nitrogen and oxygen atoms in total. The highest BCUT2D eigenvalue weighted by atomic mass is 19.1. The summed E-state index contributed by atoms with van der Waals surface area (Å²) in [4.78, 5) is 20.9. The third-order valence-corrected chi connectivity index (χ3v) is 1.85. The van der Waals surface area contributed by atoms with E-state index in [9.17, 15) is 14.0 Å². The van der Waals surface area contributed by atoms with E-state index in [0.29, 0.717) is 5.56 Å². The second-order valence-electron chi connectivity index (χ2n) is 3.05. The lowest BCUT2D eigenvalue weighted by atomic mass is 10.0. The normalized spacial score (nSPS) is 9.93. The van der Waals surface area contributed by atoms with Gasteiger partial charge >= 0.3 is 11.9 Å². The minimum absolute atomic E-state index is 0.199. The predicted molar refractivity (Wildman–Crippen MR) is 49.1 cm³/mol. The first-order valence-electron chi connectivity index (χ1n) is 4.20. The van der Waals surface area contributed by atoms with Gasteiger partial charge in [-0.2, -0.15) is 0 Å². The van der Waals surface area contributed by atoms with Crippen LogP contribution in [0.3, 0.4) is 0 Å². The largest absolute Gasteiger partial charge is 0.481 e. The van der Waals surface area contributed by atoms with Crippen LogP contribution in [0.5, 0.6) is 0 Å². The van der Waals surface area contributed by atoms with Crippen LogP contribution in [0.15, 0.2) is 18.2 Å². The molecule has 0 saturated heterocycles. The predicted octanol–water partition coefficient (Wildman–Crippen LogP) is 1.08. The van der Waals surface area contributed by atoms with Gasteiger partial charge in [0.15, 0.2) is 0 Å². The first kappa shape index (κ1) is 11.2. The summed E-state index contributed by atoms with van der Waals surface area (Å²) in [6.45, 7) is 0. The van der Waals surface area contributed by atoms with E-state index in [1.807, 2.05) is 0 Å². The standard InChI is InChI=1S/C10H9FO4/c11-8-2-1-6(4-9(12)13)7(3-8)5-10(14)15/h1-3H,4-5H2,(H,12,13)(H,14,15). The first-order valence-corrected chi connectivity index (χ1v) is 4.20. The average Bonchev–Trinajstić information content (AvgIpc) is 2.08. The fraction of sp³-hybridized carbons (Fsp3) is 0.200. The maximum atomic E-state index is 12.8. The molecule has 0 aromatic heterocycles. The van der Waals surface area contributed by atoms with Crippen molar-refractivity contribution in [2.45, 2.75) is 12.8 Å². The molecule has 15 heavy (non-hydrogen) atoms. The lowest BCUT2D eigenvalue weighted by Crippen LogP contribution is -2.08. The molecule has 1 aromatic carbocycles. The summed E-state index contributed by atoms with van der Waals surface area (Å²) in [6.07, 6.45) is -0.677. The van der Waals surface area contributed by atoms with Crippen molar-refractivity contribution in [1.29, 1.82) is 0 Å². The molecule has 0 unspecified atom stereocenters. The van der Waals surface area contributed by atoms with Crippen LogP contribution in [0.2, 0.25) is 0 Å². The Balaban J connectivity index is 3.02. The van der Waals surface area contributed by atoms with Crippen molar-refractivity contribution in [2.75, 3.05) is 0 Å². The summed E-state index contributed by atoms with van der Waals surface area (Å²) in [6, 6.07) is 3.46. The monoisotopic (exact) mass is 212 g/mol. The molecule has 5 heteroatoms. The number of benzene rings is 1. The summed E-state index contributed by atoms with van der Waals surface area (Å²) in [7, 11) is 0. The highest BCUT2D eigenvalue weighted by Crippen LogP contribution is 2.13. The second kappa shape index (κ2) is 4.54. The molecule has 0 aliphatic heterocycles. The molecule has 0 spiro atoms. The molecule has 80 valence electrons. The number of carbonyl (C=O) groups is 2. The van der Waals surface area contributed by atoms with Gasteiger partial charge in [0.2, 0.25) is 0 Å². The van der Waals surface area contributed by atoms with Gasteiger partial charge < -0.3 is 10.2 Å². The summed E-state index contributed by atoms with van der Waals surface area (Å²) in [5.74, 6) is -2.76. The van der Waals surface area contributed by atoms with E-state index in [0.717, 1.165) is 12.1 Å². The zero-order valence-corrected chi connectivity index (χ0v) is 7.74. The van der Waals surface area contributed by atoms with Gasteiger partial charge in [-0.25, -0.2) is 4.39 Å². The van der Waals surface area contributed by atoms with Crippen molar-refractivity contribution < 1.29 is 24.2 Å². The summed E-state index contributed by atoms with van der Waals surface area (Å²) < 4.78 is 12.8. The van der Waals surface area contributed by atoms with Gasteiger partial charge in [0.05, 0.1) is 12.8 Å². The van der Waals surface area contributed by atoms with E-state index in [2.05, 4.69) is 0 Å². The molecule has 0 radical (unpaired) electrons. The molecule has 0 atom stereocenters. The fourth-order valence-corrected chi connectivity index (χ4v) is 1.26. The third kappa shape index (κ3) is 3.38. The van der Waals surface area contributed by atoms with Crippen molar-refractivity contribution in [3.05, 3.63) is 35.1 Å². The minimum Gasteiger partial charge on any atom is -0.481 e. The van der Waals surface area contributed by atoms with Gasteiger partial charge in [0.25, 0.3) is 0 Å². The SMILES string of the molecule is O=C(O)Cc1ccc(F)cc1CC(=O)O. The quantitative estimate of drug-likeness (QED) is 0.783. The Bertz CT molecular complexity index is 400. The minimum atomic E-state index is -1.12. The van der Waals surface area contributed by atoms with Crippen LogP contribution in [0.1, 0.15) is 11.1 Å². The molecule has 0 aliphatic rings. The zero-order chi connectivity index (χ0) is 11.4. The molecule has 0 heterocycles. The van der Waals surface area contributed by atoms with Crippen molar-refractivity contribution >= 4 is 11.9 Å². The van der Waals surface area contributed by atoms with Gasteiger partial charge in [-0.1, -0.05) is 6.07 Å². The number of halogens is 1. The molecular formula is C10H9FO4. The first-order chi connectivity index (χ1) is 6.99. The summed E-state index contributed by atoms with van der Waals surface area (Å²) >= 11 is 0. The number of carboxylic acid groups (broad SMARTS) is 2. The number of aliphatic carboxylic acids is 2. The van der Waals surface area contributed by atoms with Crippen LogP contribution >= 0.6 is 0 Å². The fourth-order valence-electron chi connectivity index (χ4n) is 1.26. The number of rotatable bonds is 4. The van der Waals surface area contributed by atoms with Gasteiger partial charge in [0, 0.05) is 0 Å². The Morgan fingerprint density at radius 2 is 1.60 bits per heavy atom. The highest BCUT2D eigenvalue weighted by molar-refractivity contribution is 5.74. The van der Waals surface area contributed by atoms with Crippen LogP contribution in [0, 0.1) is 5.82 Å². The van der Waals surface area contributed by atoms with Crippen molar-refractivity contribution in [2.24, 2.45) is 0 Å². The van der Waals surface area contributed by atoms with Crippen molar-refractivity contribution in [3.63, 3.8) is 0 Å². The van der Waals surface area contributed by atoms with Crippen LogP contribution in [0.4, 0.5) is 4.39 Å². The Kier molecular flexibility index (Phi) is 3.38. The highest BCUT2D eigenvalue weighted by Gasteiger charge is 2.10. The number of hydrogen-bond donors (Lipinski definition) is 2. The molecule has 0 fully saturated rings. The topological polar surface area (TPSA) is 74.6 Å². The zero-order valence-electron chi connectivity index (χ0n) is 7.74. The van der Waals surface area contributed by atoms with E-state index in [1.165, 1.54) is 6.07 Å². The lowest BCUT2D eigenvalue weighted by molar-refractivity contribution is -0.137. The molecule has 0 aliphatic carbocycles. The van der Waals surface area contributed by atoms with E-state index in [1.54, 1.807) is 0 Å². The molecule has 1 aromatic rings. The van der Waals surface area contributed by atoms with Crippen LogP contribution in [-0.4, -0.2) is 22.2 Å². The third-order valence-electron chi connectivity index (χ3n) is 1.85. The van der Waals surface area contributed by atoms with Crippen molar-refractivity contribution in [1.82, 2.24) is 0 Å². The van der Waals surface area contributed by atoms with Crippen LogP contribution < -0.4 is 0 Å². The van der Waals surface area contributed by atoms with E-state index >= 15 is 0 Å². The smallest absolute Gasteiger partial charge is 0.307 e. The maximum Gasteiger partial charge on any atom is 0.307 e. The Morgan fingerprint density at radius 1 is 1.07 bits per heavy atom. The Morgan fingerprint density at radius 3 is 2.13 bits per heavy atom. The lowest BCUT2D eigenvalue weighted by Gasteiger charge is -2.05. The van der Waals surface area contributed by atoms with Gasteiger partial charge in [-0.3, -0.25) is 9.59 Å². The van der Waals surface area contributed by atoms with E-state index in [4.69, 9.17) is 10.2 Å². The molecule has 1 rings (SSSR count). The van der Waals surface area contributed by atoms with Crippen LogP contribution in [0.25, 0.3) is 0 Å². The Hall–Kier alpha value is -1.91. The van der Waals surface area contributed by atoms with E-state index in [-0.39, 0.29) is 18.4 Å². The van der Waals surface area contributed by atoms with Crippen molar-refractivity contribution in [3.8, 4) is 0 Å². The summed E-state index contributed by atoms with van der Waals surface area (Å²) in [5.41, 5.74) is 0.524. The van der Waals surface area contributed by atoms with Crippen LogP contribution in [-0.2, 0) is 22.4 Å². The maximum absolute atomic E-state index is 12.8. The molecular weight excluding hydrogens is 203 g/mol. The Labute approximate surface area is 85.0 Å². The molecule has 0 amide bonds. The van der Waals surface area contributed by atoms with Gasteiger partial charge in [0.1, 0.15) is 5.82 Å². The van der Waals surface area contributed by atoms with Gasteiger partial charge in [-0.05, 0) is 23.3 Å². The molecule has 2 N–H and O–H groups in total. The van der Waals surface area contributed by atoms with E-state index < -0.39 is 17.8 Å². The second-order valence-corrected chi connectivity index (χ2v) is 3.05. The number of hydrogen-bond acceptors (Lipinski definition) is 2. The molecule has 0 bridgehead atoms. The number of carboxylic acids is 2. The van der Waals surface area contributed by atoms with Gasteiger partial charge in [-0.15, -0.1) is 0 Å². The molecule has 0 saturated carbocycles.